The van der Waals surface area contributed by atoms with Gasteiger partial charge in [-0.05, 0) is 78.7 Å². The minimum atomic E-state index is -0.186. The second-order valence-electron chi connectivity index (χ2n) is 3.72. The summed E-state index contributed by atoms with van der Waals surface area (Å²) in [6.45, 7) is 0. The normalized spacial score (nSPS) is 10.3. The molecule has 1 amide bonds. The first-order chi connectivity index (χ1) is 8.99. The fraction of sp³-hybridized carbons (Fsp3) is 0. The lowest BCUT2D eigenvalue weighted by Gasteiger charge is -2.09. The predicted molar refractivity (Wildman–Crippen MR) is 90.6 cm³/mol. The number of aromatic hydroxyl groups is 1. The molecule has 2 rings (SSSR count). The summed E-state index contributed by atoms with van der Waals surface area (Å²) >= 11 is 8.57. The van der Waals surface area contributed by atoms with Crippen molar-refractivity contribution < 1.29 is 9.90 Å². The summed E-state index contributed by atoms with van der Waals surface area (Å²) in [6.07, 6.45) is 0. The summed E-state index contributed by atoms with van der Waals surface area (Å²) in [4.78, 5) is 12.1. The number of phenols is 1. The smallest absolute Gasteiger partial charge is 0.256 e. The van der Waals surface area contributed by atoms with E-state index in [1.165, 1.54) is 0 Å². The highest BCUT2D eigenvalue weighted by Crippen LogP contribution is 2.35. The van der Waals surface area contributed by atoms with Gasteiger partial charge in [0.05, 0.1) is 14.5 Å². The molecule has 0 heterocycles. The van der Waals surface area contributed by atoms with Crippen LogP contribution in [0.15, 0.2) is 45.3 Å². The summed E-state index contributed by atoms with van der Waals surface area (Å²) in [6, 6.07) is 10.6. The van der Waals surface area contributed by atoms with Crippen molar-refractivity contribution in [3.05, 3.63) is 54.5 Å². The van der Waals surface area contributed by atoms with Crippen molar-refractivity contribution in [3.63, 3.8) is 0 Å². The second-order valence-corrected chi connectivity index (χ2v) is 6.59. The second kappa shape index (κ2) is 6.23. The van der Waals surface area contributed by atoms with Crippen LogP contribution in [-0.4, -0.2) is 11.0 Å². The summed E-state index contributed by atoms with van der Waals surface area (Å²) in [5, 5.41) is 12.4. The molecule has 2 aromatic carbocycles. The molecule has 0 radical (unpaired) electrons. The number of phenolic OH excluding ortho intramolecular Hbond substituents is 1. The van der Waals surface area contributed by atoms with Crippen molar-refractivity contribution >= 4 is 66.0 Å². The fourth-order valence-corrected chi connectivity index (χ4v) is 3.30. The van der Waals surface area contributed by atoms with Crippen LogP contribution in [0.5, 0.6) is 5.75 Å². The van der Waals surface area contributed by atoms with E-state index in [1.54, 1.807) is 18.2 Å². The molecule has 0 aliphatic carbocycles. The number of carbonyl (C=O) groups is 1. The maximum Gasteiger partial charge on any atom is 0.256 e. The van der Waals surface area contributed by atoms with E-state index in [9.17, 15) is 9.90 Å². The Kier molecular flexibility index (Phi) is 4.86. The molecule has 0 spiro atoms. The van der Waals surface area contributed by atoms with Gasteiger partial charge in [0.2, 0.25) is 0 Å². The fourth-order valence-electron chi connectivity index (χ4n) is 1.48. The molecule has 0 aliphatic rings. The van der Waals surface area contributed by atoms with Gasteiger partial charge >= 0.3 is 0 Å². The maximum absolute atomic E-state index is 12.1. The number of hydrogen-bond donors (Lipinski definition) is 2. The summed E-state index contributed by atoms with van der Waals surface area (Å²) < 4.78 is 1.91. The zero-order valence-electron chi connectivity index (χ0n) is 9.45. The number of nitrogens with one attached hydrogen (secondary N) is 1. The average Bonchev–Trinajstić information content (AvgIpc) is 2.36. The van der Waals surface area contributed by atoms with Crippen LogP contribution in [0.3, 0.4) is 0 Å². The van der Waals surface area contributed by atoms with E-state index in [0.29, 0.717) is 20.2 Å². The van der Waals surface area contributed by atoms with Gasteiger partial charge < -0.3 is 10.4 Å². The molecular weight excluding hydrogens is 489 g/mol. The topological polar surface area (TPSA) is 49.3 Å². The van der Waals surface area contributed by atoms with Crippen molar-refractivity contribution in [2.24, 2.45) is 0 Å². The monoisotopic (exact) mass is 495 g/mol. The lowest BCUT2D eigenvalue weighted by Crippen LogP contribution is -2.13. The van der Waals surface area contributed by atoms with Gasteiger partial charge in [-0.15, -0.1) is 0 Å². The summed E-state index contributed by atoms with van der Waals surface area (Å²) in [5.41, 5.74) is 1.21. The molecule has 0 saturated carbocycles. The van der Waals surface area contributed by atoms with Crippen molar-refractivity contribution in [2.75, 3.05) is 5.32 Å². The first-order valence-electron chi connectivity index (χ1n) is 5.23. The number of anilines is 1. The largest absolute Gasteiger partial charge is 0.506 e. The van der Waals surface area contributed by atoms with Gasteiger partial charge in [0.25, 0.3) is 5.91 Å². The highest BCUT2D eigenvalue weighted by molar-refractivity contribution is 14.1. The Balaban J connectivity index is 2.27. The van der Waals surface area contributed by atoms with E-state index in [-0.39, 0.29) is 11.7 Å². The van der Waals surface area contributed by atoms with Crippen LogP contribution in [0.1, 0.15) is 10.4 Å². The Hall–Kier alpha value is -0.600. The number of benzene rings is 2. The quantitative estimate of drug-likeness (QED) is 0.464. The van der Waals surface area contributed by atoms with E-state index in [0.717, 1.165) is 3.57 Å². The molecular formula is C13H8Br2INO2. The number of rotatable bonds is 2. The van der Waals surface area contributed by atoms with Gasteiger partial charge in [0, 0.05) is 9.26 Å². The van der Waals surface area contributed by atoms with Crippen LogP contribution < -0.4 is 5.32 Å². The Labute approximate surface area is 140 Å². The van der Waals surface area contributed by atoms with E-state index >= 15 is 0 Å². The van der Waals surface area contributed by atoms with Crippen LogP contribution >= 0.6 is 54.5 Å². The third kappa shape index (κ3) is 3.49. The van der Waals surface area contributed by atoms with Gasteiger partial charge in [-0.3, -0.25) is 4.79 Å². The van der Waals surface area contributed by atoms with E-state index < -0.39 is 0 Å². The Morgan fingerprint density at radius 3 is 2.32 bits per heavy atom. The van der Waals surface area contributed by atoms with Gasteiger partial charge in [-0.25, -0.2) is 0 Å². The van der Waals surface area contributed by atoms with E-state index in [4.69, 9.17) is 0 Å². The van der Waals surface area contributed by atoms with Crippen LogP contribution in [0, 0.1) is 3.57 Å². The van der Waals surface area contributed by atoms with Crippen LogP contribution in [0.25, 0.3) is 0 Å². The Bertz CT molecular complexity index is 623. The average molecular weight is 497 g/mol. The molecule has 0 fully saturated rings. The standard InChI is InChI=1S/C13H8Br2INO2/c14-9-5-7(6-10(15)12(9)18)17-13(19)8-3-1-2-4-11(8)16/h1-6,18H,(H,17,19). The lowest BCUT2D eigenvalue weighted by atomic mass is 10.2. The van der Waals surface area contributed by atoms with Gasteiger partial charge in [-0.1, -0.05) is 12.1 Å². The van der Waals surface area contributed by atoms with Crippen molar-refractivity contribution in [2.45, 2.75) is 0 Å². The SMILES string of the molecule is O=C(Nc1cc(Br)c(O)c(Br)c1)c1ccccc1I. The highest BCUT2D eigenvalue weighted by Gasteiger charge is 2.12. The van der Waals surface area contributed by atoms with Crippen LogP contribution in [0.2, 0.25) is 0 Å². The third-order valence-corrected chi connectivity index (χ3v) is 4.54. The van der Waals surface area contributed by atoms with Crippen molar-refractivity contribution in [3.8, 4) is 5.75 Å². The Morgan fingerprint density at radius 2 is 1.74 bits per heavy atom. The molecule has 0 atom stereocenters. The molecule has 0 saturated heterocycles. The van der Waals surface area contributed by atoms with E-state index in [1.807, 2.05) is 18.2 Å². The first-order valence-corrected chi connectivity index (χ1v) is 7.89. The Morgan fingerprint density at radius 1 is 1.16 bits per heavy atom. The van der Waals surface area contributed by atoms with E-state index in [2.05, 4.69) is 59.8 Å². The zero-order chi connectivity index (χ0) is 14.0. The van der Waals surface area contributed by atoms with Crippen molar-refractivity contribution in [1.82, 2.24) is 0 Å². The molecule has 0 unspecified atom stereocenters. The molecule has 2 aromatic rings. The summed E-state index contributed by atoms with van der Waals surface area (Å²) in [7, 11) is 0. The lowest BCUT2D eigenvalue weighted by molar-refractivity contribution is 0.102. The number of hydrogen-bond acceptors (Lipinski definition) is 2. The van der Waals surface area contributed by atoms with Gasteiger partial charge in [0.15, 0.2) is 0 Å². The molecule has 0 bridgehead atoms. The van der Waals surface area contributed by atoms with Gasteiger partial charge in [-0.2, -0.15) is 0 Å². The maximum atomic E-state index is 12.1. The number of carbonyl (C=O) groups excluding carboxylic acids is 1. The summed E-state index contributed by atoms with van der Waals surface area (Å²) in [5.74, 6) is -0.0817. The van der Waals surface area contributed by atoms with Crippen LogP contribution in [0.4, 0.5) is 5.69 Å². The van der Waals surface area contributed by atoms with Gasteiger partial charge in [0.1, 0.15) is 5.75 Å². The predicted octanol–water partition coefficient (Wildman–Crippen LogP) is 4.77. The minimum absolute atomic E-state index is 0.104. The third-order valence-electron chi connectivity index (χ3n) is 2.39. The number of amides is 1. The zero-order valence-corrected chi connectivity index (χ0v) is 14.8. The highest BCUT2D eigenvalue weighted by atomic mass is 127. The molecule has 6 heteroatoms. The minimum Gasteiger partial charge on any atom is -0.506 e. The molecule has 0 aromatic heterocycles. The van der Waals surface area contributed by atoms with Crippen LogP contribution in [-0.2, 0) is 0 Å². The first kappa shape index (κ1) is 14.8. The molecule has 0 aliphatic heterocycles. The molecule has 19 heavy (non-hydrogen) atoms. The number of halogens is 3. The molecule has 2 N–H and O–H groups in total. The molecule has 98 valence electrons. The van der Waals surface area contributed by atoms with Crippen molar-refractivity contribution in [1.29, 1.82) is 0 Å². The molecule has 3 nitrogen and oxygen atoms in total.